The van der Waals surface area contributed by atoms with Crippen LogP contribution in [0.1, 0.15) is 11.8 Å². The Morgan fingerprint density at radius 2 is 2.15 bits per heavy atom. The molecule has 1 aromatic heterocycles. The molecule has 5 N–H and O–H groups in total. The van der Waals surface area contributed by atoms with Crippen LogP contribution in [-0.2, 0) is 0 Å². The second-order valence-corrected chi connectivity index (χ2v) is 2.66. The predicted octanol–water partition coefficient (Wildman–Crippen LogP) is -0.860. The molecule has 13 heavy (non-hydrogen) atoms. The van der Waals surface area contributed by atoms with E-state index in [-0.39, 0.29) is 18.0 Å². The van der Waals surface area contributed by atoms with Crippen LogP contribution in [0.2, 0.25) is 0 Å². The number of aliphatic hydroxyl groups is 2. The lowest BCUT2D eigenvalue weighted by Crippen LogP contribution is -2.27. The standard InChI is InChI=1S/C8H12N2O3/c9-4-6(12)8(13)7-5(11)2-1-3-10-7/h1-3,6,8,11-13H,4,9H2. The van der Waals surface area contributed by atoms with E-state index in [1.165, 1.54) is 18.3 Å². The second-order valence-electron chi connectivity index (χ2n) is 2.66. The molecule has 0 aliphatic carbocycles. The minimum atomic E-state index is -1.24. The number of hydrogen-bond donors (Lipinski definition) is 4. The fraction of sp³-hybridized carbons (Fsp3) is 0.375. The Morgan fingerprint density at radius 3 is 2.69 bits per heavy atom. The van der Waals surface area contributed by atoms with Crippen molar-refractivity contribution in [3.05, 3.63) is 24.0 Å². The highest BCUT2D eigenvalue weighted by molar-refractivity contribution is 5.27. The smallest absolute Gasteiger partial charge is 0.139 e. The van der Waals surface area contributed by atoms with Crippen molar-refractivity contribution in [1.82, 2.24) is 4.98 Å². The normalized spacial score (nSPS) is 15.3. The predicted molar refractivity (Wildman–Crippen MR) is 45.9 cm³/mol. The second kappa shape index (κ2) is 4.18. The molecule has 0 amide bonds. The molecule has 1 heterocycles. The topological polar surface area (TPSA) is 99.6 Å². The molecule has 0 saturated heterocycles. The molecule has 0 aliphatic rings. The van der Waals surface area contributed by atoms with E-state index in [1.54, 1.807) is 0 Å². The number of aromatic nitrogens is 1. The fourth-order valence-corrected chi connectivity index (χ4v) is 0.948. The molecule has 0 fully saturated rings. The third kappa shape index (κ3) is 2.15. The average molecular weight is 184 g/mol. The van der Waals surface area contributed by atoms with Crippen LogP contribution < -0.4 is 5.73 Å². The van der Waals surface area contributed by atoms with Gasteiger partial charge in [0.15, 0.2) is 0 Å². The van der Waals surface area contributed by atoms with E-state index in [2.05, 4.69) is 4.98 Å². The van der Waals surface area contributed by atoms with Crippen molar-refractivity contribution in [2.24, 2.45) is 5.73 Å². The van der Waals surface area contributed by atoms with Gasteiger partial charge in [-0.1, -0.05) is 0 Å². The Labute approximate surface area is 75.5 Å². The van der Waals surface area contributed by atoms with E-state index in [9.17, 15) is 15.3 Å². The molecule has 1 aromatic rings. The van der Waals surface area contributed by atoms with E-state index in [0.717, 1.165) is 0 Å². The summed E-state index contributed by atoms with van der Waals surface area (Å²) in [5, 5.41) is 27.8. The first kappa shape index (κ1) is 9.91. The molecular formula is C8H12N2O3. The summed E-state index contributed by atoms with van der Waals surface area (Å²) in [5.41, 5.74) is 5.18. The number of hydrogen-bond acceptors (Lipinski definition) is 5. The molecule has 0 aromatic carbocycles. The number of nitrogens with two attached hydrogens (primary N) is 1. The molecule has 5 nitrogen and oxygen atoms in total. The largest absolute Gasteiger partial charge is 0.506 e. The highest BCUT2D eigenvalue weighted by atomic mass is 16.3. The van der Waals surface area contributed by atoms with E-state index in [4.69, 9.17) is 5.73 Å². The number of rotatable bonds is 3. The summed E-state index contributed by atoms with van der Waals surface area (Å²) in [4.78, 5) is 3.73. The zero-order valence-corrected chi connectivity index (χ0v) is 6.96. The van der Waals surface area contributed by atoms with Gasteiger partial charge in [0, 0.05) is 12.7 Å². The lowest BCUT2D eigenvalue weighted by Gasteiger charge is -2.15. The van der Waals surface area contributed by atoms with Gasteiger partial charge in [-0.15, -0.1) is 0 Å². The van der Waals surface area contributed by atoms with Crippen molar-refractivity contribution in [2.45, 2.75) is 12.2 Å². The Morgan fingerprint density at radius 1 is 1.46 bits per heavy atom. The van der Waals surface area contributed by atoms with Crippen molar-refractivity contribution in [3.8, 4) is 5.75 Å². The summed E-state index contributed by atoms with van der Waals surface area (Å²) in [6.45, 7) is -0.0861. The van der Waals surface area contributed by atoms with E-state index in [0.29, 0.717) is 0 Å². The summed E-state index contributed by atoms with van der Waals surface area (Å²) in [7, 11) is 0. The zero-order valence-electron chi connectivity index (χ0n) is 6.96. The number of nitrogens with zero attached hydrogens (tertiary/aromatic N) is 1. The van der Waals surface area contributed by atoms with Crippen molar-refractivity contribution >= 4 is 0 Å². The van der Waals surface area contributed by atoms with Gasteiger partial charge < -0.3 is 21.1 Å². The molecule has 0 spiro atoms. The Kier molecular flexibility index (Phi) is 3.18. The van der Waals surface area contributed by atoms with Gasteiger partial charge in [0.05, 0.1) is 6.10 Å². The number of aliphatic hydroxyl groups excluding tert-OH is 2. The van der Waals surface area contributed by atoms with Crippen molar-refractivity contribution in [2.75, 3.05) is 6.54 Å². The monoisotopic (exact) mass is 184 g/mol. The van der Waals surface area contributed by atoms with E-state index in [1.807, 2.05) is 0 Å². The van der Waals surface area contributed by atoms with Crippen molar-refractivity contribution in [3.63, 3.8) is 0 Å². The summed E-state index contributed by atoms with van der Waals surface area (Å²) in [6, 6.07) is 2.91. The summed E-state index contributed by atoms with van der Waals surface area (Å²) in [6.07, 6.45) is -0.936. The van der Waals surface area contributed by atoms with Gasteiger partial charge in [-0.2, -0.15) is 0 Å². The van der Waals surface area contributed by atoms with Crippen LogP contribution in [0.25, 0.3) is 0 Å². The minimum Gasteiger partial charge on any atom is -0.506 e. The molecule has 72 valence electrons. The van der Waals surface area contributed by atoms with Crippen molar-refractivity contribution < 1.29 is 15.3 Å². The molecule has 1 rings (SSSR count). The van der Waals surface area contributed by atoms with Crippen LogP contribution in [0.15, 0.2) is 18.3 Å². The van der Waals surface area contributed by atoms with Crippen LogP contribution in [0.3, 0.4) is 0 Å². The van der Waals surface area contributed by atoms with Gasteiger partial charge in [-0.05, 0) is 12.1 Å². The molecule has 2 atom stereocenters. The first-order valence-corrected chi connectivity index (χ1v) is 3.87. The fourth-order valence-electron chi connectivity index (χ4n) is 0.948. The lowest BCUT2D eigenvalue weighted by molar-refractivity contribution is 0.0202. The maximum absolute atomic E-state index is 9.42. The SMILES string of the molecule is NCC(O)C(O)c1ncccc1O. The molecule has 0 saturated carbocycles. The first-order chi connectivity index (χ1) is 6.16. The molecule has 0 radical (unpaired) electrons. The van der Waals surface area contributed by atoms with Gasteiger partial charge in [-0.25, -0.2) is 0 Å². The minimum absolute atomic E-state index is 0.0421. The maximum atomic E-state index is 9.42. The molecule has 0 aliphatic heterocycles. The molecule has 2 unspecified atom stereocenters. The van der Waals surface area contributed by atoms with Crippen LogP contribution in [0.4, 0.5) is 0 Å². The summed E-state index contributed by atoms with van der Waals surface area (Å²) < 4.78 is 0. The quantitative estimate of drug-likeness (QED) is 0.490. The number of aromatic hydroxyl groups is 1. The highest BCUT2D eigenvalue weighted by Crippen LogP contribution is 2.22. The summed E-state index contributed by atoms with van der Waals surface area (Å²) in [5.74, 6) is -0.150. The van der Waals surface area contributed by atoms with Gasteiger partial charge >= 0.3 is 0 Å². The maximum Gasteiger partial charge on any atom is 0.139 e. The average Bonchev–Trinajstić information content (AvgIpc) is 2.16. The van der Waals surface area contributed by atoms with Crippen molar-refractivity contribution in [1.29, 1.82) is 0 Å². The lowest BCUT2D eigenvalue weighted by atomic mass is 10.1. The van der Waals surface area contributed by atoms with Gasteiger partial charge in [-0.3, -0.25) is 4.98 Å². The van der Waals surface area contributed by atoms with E-state index >= 15 is 0 Å². The van der Waals surface area contributed by atoms with Crippen LogP contribution in [0.5, 0.6) is 5.75 Å². The Hall–Kier alpha value is -1.17. The third-order valence-electron chi connectivity index (χ3n) is 1.70. The highest BCUT2D eigenvalue weighted by Gasteiger charge is 2.20. The Bertz CT molecular complexity index is 280. The summed E-state index contributed by atoms with van der Waals surface area (Å²) >= 11 is 0. The molecule has 0 bridgehead atoms. The van der Waals surface area contributed by atoms with Gasteiger partial charge in [0.25, 0.3) is 0 Å². The number of pyridine rings is 1. The molecule has 5 heteroatoms. The van der Waals surface area contributed by atoms with Crippen LogP contribution in [-0.4, -0.2) is 33.0 Å². The van der Waals surface area contributed by atoms with Gasteiger partial charge in [0.2, 0.25) is 0 Å². The first-order valence-electron chi connectivity index (χ1n) is 3.87. The van der Waals surface area contributed by atoms with Gasteiger partial charge in [0.1, 0.15) is 17.5 Å². The third-order valence-corrected chi connectivity index (χ3v) is 1.70. The van der Waals surface area contributed by atoms with Crippen LogP contribution >= 0.6 is 0 Å². The zero-order chi connectivity index (χ0) is 9.84. The van der Waals surface area contributed by atoms with E-state index < -0.39 is 12.2 Å². The molecular weight excluding hydrogens is 172 g/mol. The van der Waals surface area contributed by atoms with Crippen LogP contribution in [0, 0.1) is 0 Å². The Balaban J connectivity index is 2.88.